The molecule has 1 saturated carbocycles. The monoisotopic (exact) mass is 327 g/mol. The van der Waals surface area contributed by atoms with Gasteiger partial charge in [0, 0.05) is 6.42 Å². The molecule has 1 aliphatic carbocycles. The smallest absolute Gasteiger partial charge is 0.411 e. The average molecular weight is 327 g/mol. The Morgan fingerprint density at radius 2 is 1.83 bits per heavy atom. The van der Waals surface area contributed by atoms with Crippen LogP contribution in [0.3, 0.4) is 0 Å². The molecule has 6 heteroatoms. The van der Waals surface area contributed by atoms with Crippen molar-refractivity contribution in [2.75, 3.05) is 6.61 Å². The molecule has 1 unspecified atom stereocenters. The van der Waals surface area contributed by atoms with Crippen LogP contribution in [0.5, 0.6) is 0 Å². The Bertz CT molecular complexity index is 439. The standard InChI is InChI=1S/C17H29NO5/c1-5-22-15(20)12-10-13(19)14(11-8-6-7-9-11)18(12)16(21)23-17(2,3)4/h11-14,19H,5-10H2,1-4H3/t12-,13+,14?/m1/s1. The van der Waals surface area contributed by atoms with Gasteiger partial charge in [-0.3, -0.25) is 4.90 Å². The lowest BCUT2D eigenvalue weighted by molar-refractivity contribution is -0.149. The number of hydrogen-bond donors (Lipinski definition) is 1. The number of amides is 1. The SMILES string of the molecule is CCOC(=O)[C@H]1C[C@H](O)C(C2CCCC2)N1C(=O)OC(C)(C)C. The summed E-state index contributed by atoms with van der Waals surface area (Å²) in [4.78, 5) is 26.4. The molecule has 1 amide bonds. The maximum Gasteiger partial charge on any atom is 0.411 e. The molecule has 23 heavy (non-hydrogen) atoms. The quantitative estimate of drug-likeness (QED) is 0.806. The van der Waals surface area contributed by atoms with E-state index in [0.29, 0.717) is 0 Å². The topological polar surface area (TPSA) is 76.1 Å². The highest BCUT2D eigenvalue weighted by molar-refractivity contribution is 5.82. The molecule has 2 aliphatic rings. The Morgan fingerprint density at radius 1 is 1.22 bits per heavy atom. The van der Waals surface area contributed by atoms with E-state index in [9.17, 15) is 14.7 Å². The molecule has 2 fully saturated rings. The molecule has 0 aromatic rings. The van der Waals surface area contributed by atoms with Crippen molar-refractivity contribution < 1.29 is 24.2 Å². The van der Waals surface area contributed by atoms with Gasteiger partial charge in [-0.05, 0) is 46.5 Å². The molecule has 3 atom stereocenters. The predicted octanol–water partition coefficient (Wildman–Crippen LogP) is 2.48. The highest BCUT2D eigenvalue weighted by Crippen LogP contribution is 2.39. The van der Waals surface area contributed by atoms with Crippen LogP contribution >= 0.6 is 0 Å². The number of likely N-dealkylation sites (tertiary alicyclic amines) is 1. The van der Waals surface area contributed by atoms with Crippen molar-refractivity contribution in [1.82, 2.24) is 4.90 Å². The van der Waals surface area contributed by atoms with Crippen LogP contribution in [0, 0.1) is 5.92 Å². The van der Waals surface area contributed by atoms with Crippen LogP contribution in [-0.2, 0) is 14.3 Å². The van der Waals surface area contributed by atoms with Crippen LogP contribution < -0.4 is 0 Å². The van der Waals surface area contributed by atoms with Gasteiger partial charge in [-0.2, -0.15) is 0 Å². The molecule has 1 N–H and O–H groups in total. The highest BCUT2D eigenvalue weighted by Gasteiger charge is 2.51. The lowest BCUT2D eigenvalue weighted by atomic mass is 9.94. The molecule has 132 valence electrons. The van der Waals surface area contributed by atoms with E-state index in [2.05, 4.69) is 0 Å². The molecular weight excluding hydrogens is 298 g/mol. The third-order valence-electron chi connectivity index (χ3n) is 4.56. The Labute approximate surface area is 138 Å². The molecule has 2 rings (SSSR count). The average Bonchev–Trinajstić information content (AvgIpc) is 3.03. The number of carbonyl (C=O) groups excluding carboxylic acids is 2. The third kappa shape index (κ3) is 4.16. The summed E-state index contributed by atoms with van der Waals surface area (Å²) in [5.74, 6) is -0.241. The van der Waals surface area contributed by atoms with Gasteiger partial charge in [0.1, 0.15) is 11.6 Å². The first-order valence-corrected chi connectivity index (χ1v) is 8.60. The van der Waals surface area contributed by atoms with Gasteiger partial charge in [0.2, 0.25) is 0 Å². The van der Waals surface area contributed by atoms with E-state index in [4.69, 9.17) is 9.47 Å². The second-order valence-electron chi connectivity index (χ2n) is 7.49. The first kappa shape index (κ1) is 18.0. The fourth-order valence-corrected chi connectivity index (χ4v) is 3.73. The fourth-order valence-electron chi connectivity index (χ4n) is 3.73. The molecule has 1 heterocycles. The van der Waals surface area contributed by atoms with E-state index < -0.39 is 29.8 Å². The van der Waals surface area contributed by atoms with Crippen molar-refractivity contribution in [3.63, 3.8) is 0 Å². The van der Waals surface area contributed by atoms with Gasteiger partial charge in [0.15, 0.2) is 0 Å². The molecule has 0 aromatic carbocycles. The molecule has 1 aliphatic heterocycles. The number of carbonyl (C=O) groups is 2. The Hall–Kier alpha value is -1.30. The van der Waals surface area contributed by atoms with Crippen molar-refractivity contribution in [3.05, 3.63) is 0 Å². The number of ether oxygens (including phenoxy) is 2. The first-order valence-electron chi connectivity index (χ1n) is 8.60. The molecular formula is C17H29NO5. The highest BCUT2D eigenvalue weighted by atomic mass is 16.6. The Kier molecular flexibility index (Phi) is 5.55. The maximum atomic E-state index is 12.7. The summed E-state index contributed by atoms with van der Waals surface area (Å²) in [5, 5.41) is 10.5. The van der Waals surface area contributed by atoms with E-state index in [1.807, 2.05) is 0 Å². The summed E-state index contributed by atoms with van der Waals surface area (Å²) in [5.41, 5.74) is -0.649. The number of hydrogen-bond acceptors (Lipinski definition) is 5. The van der Waals surface area contributed by atoms with Crippen molar-refractivity contribution >= 4 is 12.1 Å². The van der Waals surface area contributed by atoms with Gasteiger partial charge in [0.05, 0.1) is 18.8 Å². The summed E-state index contributed by atoms with van der Waals surface area (Å²) < 4.78 is 10.6. The molecule has 0 radical (unpaired) electrons. The Balaban J connectivity index is 2.24. The molecule has 6 nitrogen and oxygen atoms in total. The van der Waals surface area contributed by atoms with Gasteiger partial charge in [-0.1, -0.05) is 12.8 Å². The van der Waals surface area contributed by atoms with Crippen LogP contribution in [0.2, 0.25) is 0 Å². The minimum absolute atomic E-state index is 0.219. The Morgan fingerprint density at radius 3 is 2.35 bits per heavy atom. The second-order valence-corrected chi connectivity index (χ2v) is 7.49. The number of aliphatic hydroxyl groups is 1. The van der Waals surface area contributed by atoms with Crippen LogP contribution in [0.4, 0.5) is 4.79 Å². The van der Waals surface area contributed by atoms with Gasteiger partial charge in [-0.25, -0.2) is 9.59 Å². The fraction of sp³-hybridized carbons (Fsp3) is 0.882. The third-order valence-corrected chi connectivity index (χ3v) is 4.56. The lowest BCUT2D eigenvalue weighted by Gasteiger charge is -2.34. The van der Waals surface area contributed by atoms with Gasteiger partial charge >= 0.3 is 12.1 Å². The first-order chi connectivity index (χ1) is 10.7. The van der Waals surface area contributed by atoms with Crippen molar-refractivity contribution in [3.8, 4) is 0 Å². The van der Waals surface area contributed by atoms with Crippen molar-refractivity contribution in [2.24, 2.45) is 5.92 Å². The number of nitrogens with zero attached hydrogens (tertiary/aromatic N) is 1. The summed E-state index contributed by atoms with van der Waals surface area (Å²) in [6, 6.07) is -1.12. The van der Waals surface area contributed by atoms with Crippen LogP contribution in [-0.4, -0.2) is 52.5 Å². The second kappa shape index (κ2) is 7.07. The summed E-state index contributed by atoms with van der Waals surface area (Å²) in [6.07, 6.45) is 3.11. The van der Waals surface area contributed by atoms with Gasteiger partial charge in [-0.15, -0.1) is 0 Å². The predicted molar refractivity (Wildman–Crippen MR) is 84.9 cm³/mol. The van der Waals surface area contributed by atoms with E-state index in [0.717, 1.165) is 25.7 Å². The summed E-state index contributed by atoms with van der Waals surface area (Å²) >= 11 is 0. The van der Waals surface area contributed by atoms with Crippen molar-refractivity contribution in [2.45, 2.75) is 83.6 Å². The van der Waals surface area contributed by atoms with Gasteiger partial charge in [0.25, 0.3) is 0 Å². The summed E-state index contributed by atoms with van der Waals surface area (Å²) in [6.45, 7) is 7.36. The minimum Gasteiger partial charge on any atom is -0.464 e. The molecule has 1 saturated heterocycles. The summed E-state index contributed by atoms with van der Waals surface area (Å²) in [7, 11) is 0. The molecule has 0 aromatic heterocycles. The van der Waals surface area contributed by atoms with E-state index in [1.165, 1.54) is 4.90 Å². The number of rotatable bonds is 3. The maximum absolute atomic E-state index is 12.7. The van der Waals surface area contributed by atoms with E-state index >= 15 is 0 Å². The zero-order chi connectivity index (χ0) is 17.2. The van der Waals surface area contributed by atoms with E-state index in [1.54, 1.807) is 27.7 Å². The normalized spacial score (nSPS) is 28.9. The van der Waals surface area contributed by atoms with Crippen molar-refractivity contribution in [1.29, 1.82) is 0 Å². The molecule has 0 spiro atoms. The number of aliphatic hydroxyl groups excluding tert-OH is 1. The van der Waals surface area contributed by atoms with E-state index in [-0.39, 0.29) is 25.0 Å². The van der Waals surface area contributed by atoms with Crippen LogP contribution in [0.1, 0.15) is 59.8 Å². The zero-order valence-corrected chi connectivity index (χ0v) is 14.6. The largest absolute Gasteiger partial charge is 0.464 e. The van der Waals surface area contributed by atoms with Crippen LogP contribution in [0.15, 0.2) is 0 Å². The number of esters is 1. The zero-order valence-electron chi connectivity index (χ0n) is 14.6. The van der Waals surface area contributed by atoms with Gasteiger partial charge < -0.3 is 14.6 Å². The van der Waals surface area contributed by atoms with Crippen LogP contribution in [0.25, 0.3) is 0 Å². The molecule has 0 bridgehead atoms. The lowest BCUT2D eigenvalue weighted by Crippen LogP contribution is -2.51. The minimum atomic E-state index is -0.759.